The van der Waals surface area contributed by atoms with Gasteiger partial charge in [0.1, 0.15) is 0 Å². The second-order valence-electron chi connectivity index (χ2n) is 9.95. The van der Waals surface area contributed by atoms with Crippen molar-refractivity contribution in [2.24, 2.45) is 0 Å². The molecule has 2 aromatic carbocycles. The molecule has 0 radical (unpaired) electrons. The lowest BCUT2D eigenvalue weighted by molar-refractivity contribution is -0.140. The smallest absolute Gasteiger partial charge is 0.329 e. The van der Waals surface area contributed by atoms with Gasteiger partial charge in [0, 0.05) is 11.1 Å². The molecular formula is C32H46N4O8. The lowest BCUT2D eigenvalue weighted by atomic mass is 10.2. The average Bonchev–Trinajstić information content (AvgIpc) is 3.03. The molecule has 12 nitrogen and oxygen atoms in total. The van der Waals surface area contributed by atoms with Crippen molar-refractivity contribution < 1.29 is 38.1 Å². The van der Waals surface area contributed by atoms with E-state index in [0.717, 1.165) is 51.4 Å². The Balaban J connectivity index is 1.94. The van der Waals surface area contributed by atoms with E-state index >= 15 is 0 Å². The zero-order valence-corrected chi connectivity index (χ0v) is 26.2. The fourth-order valence-electron chi connectivity index (χ4n) is 3.55. The second kappa shape index (κ2) is 20.4. The van der Waals surface area contributed by atoms with Gasteiger partial charge in [-0.15, -0.1) is 0 Å². The van der Waals surface area contributed by atoms with Gasteiger partial charge in [-0.3, -0.25) is 40.9 Å². The SMILES string of the molecule is CCCCOc1ccc(C(=O)NNC(=O)C(=O)NNC(=O)c2ccc(OCCCC)c(OCCCC)c2)cc1OCCCC. The molecule has 4 amide bonds. The van der Waals surface area contributed by atoms with Crippen LogP contribution in [0, 0.1) is 0 Å². The number of carbonyl (C=O) groups excluding carboxylic acids is 4. The average molecular weight is 615 g/mol. The minimum absolute atomic E-state index is 0.187. The molecule has 0 aliphatic carbocycles. The van der Waals surface area contributed by atoms with Crippen LogP contribution >= 0.6 is 0 Å². The molecule has 0 spiro atoms. The molecule has 2 rings (SSSR count). The van der Waals surface area contributed by atoms with Gasteiger partial charge < -0.3 is 18.9 Å². The first kappa shape index (κ1) is 35.7. The maximum atomic E-state index is 12.7. The lowest BCUT2D eigenvalue weighted by Gasteiger charge is -2.15. The van der Waals surface area contributed by atoms with E-state index in [2.05, 4.69) is 24.7 Å². The van der Waals surface area contributed by atoms with Crippen LogP contribution in [-0.2, 0) is 9.59 Å². The quantitative estimate of drug-likeness (QED) is 0.108. The zero-order valence-electron chi connectivity index (χ0n) is 26.2. The van der Waals surface area contributed by atoms with Gasteiger partial charge in [-0.2, -0.15) is 0 Å². The lowest BCUT2D eigenvalue weighted by Crippen LogP contribution is -2.52. The number of hydrogen-bond donors (Lipinski definition) is 4. The highest BCUT2D eigenvalue weighted by Gasteiger charge is 2.18. The van der Waals surface area contributed by atoms with Crippen molar-refractivity contribution in [2.75, 3.05) is 26.4 Å². The Kier molecular flexibility index (Phi) is 16.6. The molecule has 0 saturated heterocycles. The Morgan fingerprint density at radius 2 is 0.795 bits per heavy atom. The van der Waals surface area contributed by atoms with Gasteiger partial charge >= 0.3 is 11.8 Å². The topological polar surface area (TPSA) is 153 Å². The van der Waals surface area contributed by atoms with Crippen LogP contribution in [0.5, 0.6) is 23.0 Å². The minimum Gasteiger partial charge on any atom is -0.490 e. The Labute approximate surface area is 259 Å². The van der Waals surface area contributed by atoms with E-state index in [1.165, 1.54) is 24.3 Å². The molecule has 0 aliphatic heterocycles. The number of rotatable bonds is 18. The highest BCUT2D eigenvalue weighted by molar-refractivity contribution is 6.35. The maximum Gasteiger partial charge on any atom is 0.329 e. The number of nitrogens with one attached hydrogen (secondary N) is 4. The largest absolute Gasteiger partial charge is 0.490 e. The first-order chi connectivity index (χ1) is 21.3. The molecule has 0 bridgehead atoms. The summed E-state index contributed by atoms with van der Waals surface area (Å²) >= 11 is 0. The minimum atomic E-state index is -1.19. The molecule has 2 aromatic rings. The van der Waals surface area contributed by atoms with E-state index < -0.39 is 23.6 Å². The summed E-state index contributed by atoms with van der Waals surface area (Å²) < 4.78 is 23.2. The third-order valence-corrected chi connectivity index (χ3v) is 6.22. The van der Waals surface area contributed by atoms with Crippen LogP contribution in [-0.4, -0.2) is 50.1 Å². The second-order valence-corrected chi connectivity index (χ2v) is 9.95. The van der Waals surface area contributed by atoms with Crippen LogP contribution in [0.2, 0.25) is 0 Å². The van der Waals surface area contributed by atoms with Crippen molar-refractivity contribution in [3.63, 3.8) is 0 Å². The molecule has 4 N–H and O–H groups in total. The van der Waals surface area contributed by atoms with Gasteiger partial charge in [0.15, 0.2) is 23.0 Å². The third kappa shape index (κ3) is 12.4. The first-order valence-corrected chi connectivity index (χ1v) is 15.3. The van der Waals surface area contributed by atoms with Crippen LogP contribution in [0.4, 0.5) is 0 Å². The molecule has 242 valence electrons. The van der Waals surface area contributed by atoms with E-state index in [-0.39, 0.29) is 11.1 Å². The van der Waals surface area contributed by atoms with E-state index in [9.17, 15) is 19.2 Å². The summed E-state index contributed by atoms with van der Waals surface area (Å²) in [5.74, 6) is -1.88. The molecule has 0 aliphatic rings. The normalized spacial score (nSPS) is 10.4. The summed E-state index contributed by atoms with van der Waals surface area (Å²) in [6, 6.07) is 9.32. The van der Waals surface area contributed by atoms with Gasteiger partial charge in [0.25, 0.3) is 11.8 Å². The van der Waals surface area contributed by atoms with Crippen molar-refractivity contribution in [2.45, 2.75) is 79.1 Å². The number of hydrazine groups is 2. The number of unbranched alkanes of at least 4 members (excludes halogenated alkanes) is 4. The van der Waals surface area contributed by atoms with Crippen LogP contribution in [0.3, 0.4) is 0 Å². The molecule has 12 heteroatoms. The predicted octanol–water partition coefficient (Wildman–Crippen LogP) is 4.62. The summed E-state index contributed by atoms with van der Waals surface area (Å²) in [4.78, 5) is 49.9. The third-order valence-electron chi connectivity index (χ3n) is 6.22. The Bertz CT molecular complexity index is 1130. The molecule has 0 saturated carbocycles. The Morgan fingerprint density at radius 3 is 1.11 bits per heavy atom. The van der Waals surface area contributed by atoms with Crippen LogP contribution in [0.25, 0.3) is 0 Å². The molecule has 0 atom stereocenters. The van der Waals surface area contributed by atoms with Gasteiger partial charge in [-0.1, -0.05) is 53.4 Å². The fraction of sp³-hybridized carbons (Fsp3) is 0.500. The zero-order chi connectivity index (χ0) is 32.2. The molecule has 0 fully saturated rings. The fourth-order valence-corrected chi connectivity index (χ4v) is 3.55. The summed E-state index contributed by atoms with van der Waals surface area (Å²) in [7, 11) is 0. The van der Waals surface area contributed by atoms with Crippen molar-refractivity contribution in [3.05, 3.63) is 47.5 Å². The predicted molar refractivity (Wildman–Crippen MR) is 166 cm³/mol. The highest BCUT2D eigenvalue weighted by atomic mass is 16.5. The van der Waals surface area contributed by atoms with Crippen LogP contribution < -0.4 is 40.7 Å². The summed E-state index contributed by atoms with van der Waals surface area (Å²) in [5, 5.41) is 0. The van der Waals surface area contributed by atoms with Crippen molar-refractivity contribution >= 4 is 23.6 Å². The molecular weight excluding hydrogens is 568 g/mol. The van der Waals surface area contributed by atoms with E-state index in [1.807, 2.05) is 24.7 Å². The number of ether oxygens (including phenoxy) is 4. The highest BCUT2D eigenvalue weighted by Crippen LogP contribution is 2.30. The van der Waals surface area contributed by atoms with Crippen molar-refractivity contribution in [3.8, 4) is 23.0 Å². The number of amides is 4. The molecule has 0 heterocycles. The van der Waals surface area contributed by atoms with E-state index in [0.29, 0.717) is 49.4 Å². The summed E-state index contributed by atoms with van der Waals surface area (Å²) in [5.41, 5.74) is 8.81. The number of benzene rings is 2. The van der Waals surface area contributed by atoms with E-state index in [4.69, 9.17) is 18.9 Å². The Morgan fingerprint density at radius 1 is 0.477 bits per heavy atom. The molecule has 0 unspecified atom stereocenters. The van der Waals surface area contributed by atoms with E-state index in [1.54, 1.807) is 12.1 Å². The Hall–Kier alpha value is -4.48. The van der Waals surface area contributed by atoms with Gasteiger partial charge in [0.05, 0.1) is 26.4 Å². The van der Waals surface area contributed by atoms with Crippen LogP contribution in [0.15, 0.2) is 36.4 Å². The maximum absolute atomic E-state index is 12.7. The summed E-state index contributed by atoms with van der Waals surface area (Å²) in [6.45, 7) is 10.1. The van der Waals surface area contributed by atoms with Crippen LogP contribution in [0.1, 0.15) is 99.8 Å². The summed E-state index contributed by atoms with van der Waals surface area (Å²) in [6.07, 6.45) is 7.24. The van der Waals surface area contributed by atoms with Crippen molar-refractivity contribution in [1.82, 2.24) is 21.7 Å². The number of hydrogen-bond acceptors (Lipinski definition) is 8. The number of carbonyl (C=O) groups is 4. The molecule has 44 heavy (non-hydrogen) atoms. The van der Waals surface area contributed by atoms with Crippen molar-refractivity contribution in [1.29, 1.82) is 0 Å². The first-order valence-electron chi connectivity index (χ1n) is 15.3. The molecule has 0 aromatic heterocycles. The monoisotopic (exact) mass is 614 g/mol. The van der Waals surface area contributed by atoms with Gasteiger partial charge in [-0.25, -0.2) is 0 Å². The van der Waals surface area contributed by atoms with Gasteiger partial charge in [0.2, 0.25) is 0 Å². The van der Waals surface area contributed by atoms with Gasteiger partial charge in [-0.05, 0) is 62.1 Å². The standard InChI is InChI=1S/C32H46N4O8/c1-5-9-17-41-25-15-13-23(21-27(25)43-19-11-7-3)29(37)33-35-31(39)32(40)36-34-30(38)24-14-16-26(42-18-10-6-2)28(22-24)44-20-12-8-4/h13-16,21-22H,5-12,17-20H2,1-4H3,(H,33,37)(H,34,38)(H,35,39)(H,36,40).